The monoisotopic (exact) mass is 189 g/mol. The van der Waals surface area contributed by atoms with Gasteiger partial charge in [0.05, 0.1) is 0 Å². The van der Waals surface area contributed by atoms with Crippen molar-refractivity contribution in [1.29, 1.82) is 0 Å². The SMILES string of the molecule is C=C(/C=C\C)NC1=CC(C)=C[C@@H](C)C1. The van der Waals surface area contributed by atoms with E-state index in [0.717, 1.165) is 12.1 Å². The van der Waals surface area contributed by atoms with Gasteiger partial charge in [0, 0.05) is 11.4 Å². The normalized spacial score (nSPS) is 21.8. The van der Waals surface area contributed by atoms with Crippen molar-refractivity contribution in [3.8, 4) is 0 Å². The van der Waals surface area contributed by atoms with Crippen molar-refractivity contribution in [2.75, 3.05) is 0 Å². The highest BCUT2D eigenvalue weighted by molar-refractivity contribution is 5.30. The molecule has 14 heavy (non-hydrogen) atoms. The van der Waals surface area contributed by atoms with E-state index in [1.54, 1.807) is 0 Å². The maximum absolute atomic E-state index is 3.93. The summed E-state index contributed by atoms with van der Waals surface area (Å²) in [5.41, 5.74) is 3.56. The summed E-state index contributed by atoms with van der Waals surface area (Å²) in [7, 11) is 0. The molecule has 0 heterocycles. The highest BCUT2D eigenvalue weighted by Gasteiger charge is 2.08. The van der Waals surface area contributed by atoms with Crippen molar-refractivity contribution in [2.24, 2.45) is 5.92 Å². The number of hydrogen-bond donors (Lipinski definition) is 1. The maximum atomic E-state index is 3.93. The molecule has 0 amide bonds. The Hall–Kier alpha value is -1.24. The summed E-state index contributed by atoms with van der Waals surface area (Å²) in [6.45, 7) is 10.3. The van der Waals surface area contributed by atoms with Gasteiger partial charge in [0.2, 0.25) is 0 Å². The van der Waals surface area contributed by atoms with Gasteiger partial charge in [-0.15, -0.1) is 0 Å². The van der Waals surface area contributed by atoms with Crippen LogP contribution in [0.1, 0.15) is 27.2 Å². The lowest BCUT2D eigenvalue weighted by molar-refractivity contribution is 0.668. The summed E-state index contributed by atoms with van der Waals surface area (Å²) in [4.78, 5) is 0. The third-order valence-corrected chi connectivity index (χ3v) is 2.18. The zero-order valence-corrected chi connectivity index (χ0v) is 9.30. The molecule has 1 nitrogen and oxygen atoms in total. The van der Waals surface area contributed by atoms with Crippen molar-refractivity contribution < 1.29 is 0 Å². The first-order valence-corrected chi connectivity index (χ1v) is 5.09. The summed E-state index contributed by atoms with van der Waals surface area (Å²) >= 11 is 0. The standard InChI is InChI=1S/C13H19N/c1-5-6-12(4)14-13-8-10(2)7-11(3)9-13/h5-8,11,14H,4,9H2,1-3H3/b6-5-/t11-/m1/s1. The predicted octanol–water partition coefficient (Wildman–Crippen LogP) is 3.54. The van der Waals surface area contributed by atoms with Gasteiger partial charge in [-0.1, -0.05) is 31.2 Å². The van der Waals surface area contributed by atoms with E-state index in [9.17, 15) is 0 Å². The highest BCUT2D eigenvalue weighted by atomic mass is 14.9. The van der Waals surface area contributed by atoms with E-state index in [4.69, 9.17) is 0 Å². The molecule has 0 fully saturated rings. The third-order valence-electron chi connectivity index (χ3n) is 2.18. The molecule has 0 aromatic carbocycles. The second-order valence-corrected chi connectivity index (χ2v) is 3.91. The van der Waals surface area contributed by atoms with E-state index in [-0.39, 0.29) is 0 Å². The lowest BCUT2D eigenvalue weighted by atomic mass is 9.96. The minimum atomic E-state index is 0.626. The molecule has 76 valence electrons. The largest absolute Gasteiger partial charge is 0.359 e. The van der Waals surface area contributed by atoms with Crippen LogP contribution < -0.4 is 5.32 Å². The molecule has 0 aromatic heterocycles. The van der Waals surface area contributed by atoms with Gasteiger partial charge < -0.3 is 5.32 Å². The fourth-order valence-electron chi connectivity index (χ4n) is 1.77. The van der Waals surface area contributed by atoms with Gasteiger partial charge in [-0.25, -0.2) is 0 Å². The fourth-order valence-corrected chi connectivity index (χ4v) is 1.77. The summed E-state index contributed by atoms with van der Waals surface area (Å²) in [6, 6.07) is 0. The molecule has 0 spiro atoms. The first kappa shape index (κ1) is 10.8. The van der Waals surface area contributed by atoms with Crippen LogP contribution in [-0.4, -0.2) is 0 Å². The van der Waals surface area contributed by atoms with E-state index in [1.165, 1.54) is 11.3 Å². The molecule has 1 aliphatic rings. The minimum Gasteiger partial charge on any atom is -0.359 e. The molecule has 0 radical (unpaired) electrons. The average molecular weight is 189 g/mol. The molecule has 0 aromatic rings. The molecule has 0 saturated heterocycles. The molecule has 0 bridgehead atoms. The Morgan fingerprint density at radius 2 is 2.36 bits per heavy atom. The first-order chi connectivity index (χ1) is 6.61. The first-order valence-electron chi connectivity index (χ1n) is 5.09. The molecule has 0 saturated carbocycles. The van der Waals surface area contributed by atoms with Gasteiger partial charge in [-0.2, -0.15) is 0 Å². The Kier molecular flexibility index (Phi) is 3.75. The lowest BCUT2D eigenvalue weighted by Crippen LogP contribution is -2.15. The maximum Gasteiger partial charge on any atom is 0.0305 e. The van der Waals surface area contributed by atoms with Crippen molar-refractivity contribution in [2.45, 2.75) is 27.2 Å². The van der Waals surface area contributed by atoms with Crippen LogP contribution in [0, 0.1) is 5.92 Å². The molecule has 1 aliphatic carbocycles. The van der Waals surface area contributed by atoms with Gasteiger partial charge in [0.15, 0.2) is 0 Å². The second-order valence-electron chi connectivity index (χ2n) is 3.91. The van der Waals surface area contributed by atoms with Crippen LogP contribution in [0.2, 0.25) is 0 Å². The van der Waals surface area contributed by atoms with Crippen LogP contribution in [0.3, 0.4) is 0 Å². The van der Waals surface area contributed by atoms with Crippen molar-refractivity contribution in [3.05, 3.63) is 47.9 Å². The molecule has 0 aliphatic heterocycles. The van der Waals surface area contributed by atoms with Crippen molar-refractivity contribution in [1.82, 2.24) is 5.32 Å². The molecular formula is C13H19N. The van der Waals surface area contributed by atoms with Gasteiger partial charge in [0.25, 0.3) is 0 Å². The predicted molar refractivity (Wildman–Crippen MR) is 62.7 cm³/mol. The smallest absolute Gasteiger partial charge is 0.0305 e. The van der Waals surface area contributed by atoms with Crippen molar-refractivity contribution >= 4 is 0 Å². The second kappa shape index (κ2) is 4.85. The number of rotatable bonds is 3. The third kappa shape index (κ3) is 3.25. The van der Waals surface area contributed by atoms with Gasteiger partial charge >= 0.3 is 0 Å². The van der Waals surface area contributed by atoms with Gasteiger partial charge in [-0.05, 0) is 38.3 Å². The zero-order chi connectivity index (χ0) is 10.6. The Morgan fingerprint density at radius 3 is 2.93 bits per heavy atom. The summed E-state index contributed by atoms with van der Waals surface area (Å²) in [5.74, 6) is 0.626. The Balaban J connectivity index is 2.62. The van der Waals surface area contributed by atoms with Crippen LogP contribution in [0.5, 0.6) is 0 Å². The highest BCUT2D eigenvalue weighted by Crippen LogP contribution is 2.20. The molecular weight excluding hydrogens is 170 g/mol. The van der Waals surface area contributed by atoms with Crippen LogP contribution in [0.15, 0.2) is 47.9 Å². The van der Waals surface area contributed by atoms with Gasteiger partial charge in [-0.3, -0.25) is 0 Å². The molecule has 1 rings (SSSR count). The van der Waals surface area contributed by atoms with E-state index in [0.29, 0.717) is 5.92 Å². The van der Waals surface area contributed by atoms with Crippen molar-refractivity contribution in [3.63, 3.8) is 0 Å². The summed E-state index contributed by atoms with van der Waals surface area (Å²) < 4.78 is 0. The Morgan fingerprint density at radius 1 is 1.64 bits per heavy atom. The number of hydrogen-bond acceptors (Lipinski definition) is 1. The Bertz CT molecular complexity index is 305. The van der Waals surface area contributed by atoms with E-state index < -0.39 is 0 Å². The zero-order valence-electron chi connectivity index (χ0n) is 9.30. The van der Waals surface area contributed by atoms with E-state index in [2.05, 4.69) is 37.9 Å². The fraction of sp³-hybridized carbons (Fsp3) is 0.385. The number of nitrogens with one attached hydrogen (secondary N) is 1. The van der Waals surface area contributed by atoms with Crippen LogP contribution in [0.25, 0.3) is 0 Å². The van der Waals surface area contributed by atoms with Gasteiger partial charge in [0.1, 0.15) is 0 Å². The van der Waals surface area contributed by atoms with Crippen LogP contribution >= 0.6 is 0 Å². The van der Waals surface area contributed by atoms with E-state index >= 15 is 0 Å². The lowest BCUT2D eigenvalue weighted by Gasteiger charge is -2.18. The van der Waals surface area contributed by atoms with Crippen LogP contribution in [0.4, 0.5) is 0 Å². The van der Waals surface area contributed by atoms with Crippen LogP contribution in [-0.2, 0) is 0 Å². The number of allylic oxidation sites excluding steroid dienone is 6. The minimum absolute atomic E-state index is 0.626. The summed E-state index contributed by atoms with van der Waals surface area (Å²) in [5, 5.41) is 3.32. The average Bonchev–Trinajstić information content (AvgIpc) is 2.01. The molecule has 0 unspecified atom stereocenters. The topological polar surface area (TPSA) is 12.0 Å². The molecule has 1 heteroatoms. The summed E-state index contributed by atoms with van der Waals surface area (Å²) in [6.07, 6.45) is 9.54. The Labute approximate surface area is 86.9 Å². The molecule has 1 atom stereocenters. The molecule has 1 N–H and O–H groups in total. The quantitative estimate of drug-likeness (QED) is 0.670. The van der Waals surface area contributed by atoms with E-state index in [1.807, 2.05) is 19.1 Å².